The highest BCUT2D eigenvalue weighted by atomic mass is 35.5. The molecule has 0 aromatic heterocycles. The van der Waals surface area contributed by atoms with Crippen molar-refractivity contribution in [2.24, 2.45) is 5.73 Å². The lowest BCUT2D eigenvalue weighted by atomic mass is 9.78. The average molecular weight is 342 g/mol. The molecule has 0 saturated carbocycles. The topological polar surface area (TPSA) is 129 Å². The Balaban J connectivity index is 0.00000192. The number of likely N-dealkylation sites (tertiary alicyclic amines) is 1. The Kier molecular flexibility index (Phi) is 4.91. The molecular weight excluding hydrogens is 324 g/mol. The third kappa shape index (κ3) is 3.30. The number of nitrogens with two attached hydrogens (primary N) is 1. The van der Waals surface area contributed by atoms with Gasteiger partial charge in [0.2, 0.25) is 0 Å². The number of carboxylic acids is 1. The first-order chi connectivity index (χ1) is 10.5. The molecule has 0 unspecified atom stereocenters. The van der Waals surface area contributed by atoms with Crippen LogP contribution in [0.3, 0.4) is 0 Å². The molecule has 5 N–H and O–H groups in total. The molecule has 1 fully saturated rings. The van der Waals surface area contributed by atoms with Crippen LogP contribution in [-0.2, 0) is 6.42 Å². The molecule has 3 rings (SSSR count). The number of aromatic carboxylic acids is 1. The van der Waals surface area contributed by atoms with Gasteiger partial charge in [-0.2, -0.15) is 0 Å². The summed E-state index contributed by atoms with van der Waals surface area (Å²) < 4.78 is 11.0. The van der Waals surface area contributed by atoms with E-state index in [2.05, 4.69) is 0 Å². The van der Waals surface area contributed by atoms with Crippen molar-refractivity contribution in [3.63, 3.8) is 0 Å². The zero-order valence-electron chi connectivity index (χ0n) is 12.2. The number of hydrogen-bond acceptors (Lipinski definition) is 5. The minimum atomic E-state index is -1.16. The minimum Gasteiger partial charge on any atom is -0.535 e. The smallest absolute Gasteiger partial charge is 0.522 e. The summed E-state index contributed by atoms with van der Waals surface area (Å²) >= 11 is 0. The zero-order valence-corrected chi connectivity index (χ0v) is 13.0. The molecule has 0 bridgehead atoms. The maximum atomic E-state index is 11.6. The van der Waals surface area contributed by atoms with Gasteiger partial charge in [0.15, 0.2) is 5.96 Å². The Morgan fingerprint density at radius 1 is 1.48 bits per heavy atom. The number of rotatable bonds is 3. The van der Waals surface area contributed by atoms with Crippen LogP contribution in [0.1, 0.15) is 15.9 Å². The molecule has 1 aromatic carbocycles. The molecule has 0 radical (unpaired) electrons. The van der Waals surface area contributed by atoms with Gasteiger partial charge in [0.05, 0.1) is 13.1 Å². The fourth-order valence-electron chi connectivity index (χ4n) is 2.60. The molecule has 0 aliphatic carbocycles. The van der Waals surface area contributed by atoms with Crippen molar-refractivity contribution in [2.75, 3.05) is 13.1 Å². The predicted molar refractivity (Wildman–Crippen MR) is 85.7 cm³/mol. The van der Waals surface area contributed by atoms with Crippen LogP contribution < -0.4 is 15.1 Å². The number of fused-ring (bicyclic) bond motifs is 1. The molecule has 1 aromatic rings. The van der Waals surface area contributed by atoms with Gasteiger partial charge in [0.1, 0.15) is 23.2 Å². The van der Waals surface area contributed by atoms with E-state index in [4.69, 9.17) is 20.5 Å². The quantitative estimate of drug-likeness (QED) is 0.350. The van der Waals surface area contributed by atoms with Gasteiger partial charge in [0.25, 0.3) is 0 Å². The van der Waals surface area contributed by atoms with Crippen LogP contribution in [0.5, 0.6) is 11.5 Å². The summed E-state index contributed by atoms with van der Waals surface area (Å²) in [5.74, 6) is -0.820. The normalized spacial score (nSPS) is 16.6. The second-order valence-corrected chi connectivity index (χ2v) is 5.37. The molecule has 0 amide bonds. The first kappa shape index (κ1) is 17.2. The summed E-state index contributed by atoms with van der Waals surface area (Å²) in [5, 5.41) is 26.3. The first-order valence-electron chi connectivity index (χ1n) is 6.95. The van der Waals surface area contributed by atoms with Crippen molar-refractivity contribution in [1.82, 2.24) is 4.90 Å². The number of guanidine groups is 1. The molecule has 23 heavy (non-hydrogen) atoms. The van der Waals surface area contributed by atoms with Crippen molar-refractivity contribution < 1.29 is 24.3 Å². The Hall–Kier alpha value is -2.13. The van der Waals surface area contributed by atoms with Crippen molar-refractivity contribution in [1.29, 1.82) is 5.41 Å². The standard InChI is InChI=1S/C13H16BN3O5.ClH/c15-13(16)17-5-8(6-17)21-9-2-1-7-3-4-14(20)22-11(7)10(9)12(18)19;/h1-2,8,20H,3-6H2,(H3,15,16)(H,18,19);1H. The Bertz CT molecular complexity index is 638. The van der Waals surface area contributed by atoms with E-state index in [0.717, 1.165) is 5.56 Å². The average Bonchev–Trinajstić information content (AvgIpc) is 2.40. The lowest BCUT2D eigenvalue weighted by Crippen LogP contribution is -2.58. The fraction of sp³-hybridized carbons (Fsp3) is 0.385. The van der Waals surface area contributed by atoms with Gasteiger partial charge >= 0.3 is 13.1 Å². The van der Waals surface area contributed by atoms with Crippen molar-refractivity contribution >= 4 is 31.5 Å². The largest absolute Gasteiger partial charge is 0.535 e. The van der Waals surface area contributed by atoms with E-state index in [0.29, 0.717) is 25.8 Å². The summed E-state index contributed by atoms with van der Waals surface area (Å²) in [6.07, 6.45) is 0.759. The number of halogens is 1. The highest BCUT2D eigenvalue weighted by molar-refractivity contribution is 6.44. The van der Waals surface area contributed by atoms with E-state index in [1.54, 1.807) is 17.0 Å². The third-order valence-electron chi connectivity index (χ3n) is 3.81. The monoisotopic (exact) mass is 341 g/mol. The molecule has 2 heterocycles. The van der Waals surface area contributed by atoms with E-state index >= 15 is 0 Å². The van der Waals surface area contributed by atoms with Crippen LogP contribution in [-0.4, -0.2) is 53.3 Å². The summed E-state index contributed by atoms with van der Waals surface area (Å²) in [7, 11) is -1.00. The highest BCUT2D eigenvalue weighted by Crippen LogP contribution is 2.37. The van der Waals surface area contributed by atoms with E-state index < -0.39 is 13.1 Å². The number of carbonyl (C=O) groups is 1. The maximum absolute atomic E-state index is 11.6. The van der Waals surface area contributed by atoms with Crippen LogP contribution in [0.15, 0.2) is 12.1 Å². The lowest BCUT2D eigenvalue weighted by Gasteiger charge is -2.39. The van der Waals surface area contributed by atoms with Gasteiger partial charge < -0.3 is 30.2 Å². The van der Waals surface area contributed by atoms with Crippen LogP contribution in [0.4, 0.5) is 0 Å². The van der Waals surface area contributed by atoms with Crippen molar-refractivity contribution in [2.45, 2.75) is 18.8 Å². The molecule has 2 aliphatic heterocycles. The molecule has 2 aliphatic rings. The third-order valence-corrected chi connectivity index (χ3v) is 3.81. The van der Waals surface area contributed by atoms with Gasteiger partial charge in [-0.3, -0.25) is 5.41 Å². The Labute approximate surface area is 139 Å². The zero-order chi connectivity index (χ0) is 15.9. The number of hydrogen-bond donors (Lipinski definition) is 4. The van der Waals surface area contributed by atoms with Gasteiger partial charge in [-0.05, 0) is 24.4 Å². The molecule has 10 heteroatoms. The Morgan fingerprint density at radius 3 is 2.78 bits per heavy atom. The number of ether oxygens (including phenoxy) is 1. The van der Waals surface area contributed by atoms with Crippen LogP contribution in [0, 0.1) is 5.41 Å². The maximum Gasteiger partial charge on any atom is 0.522 e. The number of nitrogens with zero attached hydrogens (tertiary/aromatic N) is 1. The Morgan fingerprint density at radius 2 is 2.17 bits per heavy atom. The van der Waals surface area contributed by atoms with E-state index in [-0.39, 0.29) is 41.5 Å². The van der Waals surface area contributed by atoms with E-state index in [1.165, 1.54) is 0 Å². The second-order valence-electron chi connectivity index (χ2n) is 5.37. The molecule has 0 spiro atoms. The van der Waals surface area contributed by atoms with Crippen LogP contribution in [0.25, 0.3) is 0 Å². The molecular formula is C13H17BClN3O5. The molecule has 124 valence electrons. The van der Waals surface area contributed by atoms with Gasteiger partial charge in [-0.15, -0.1) is 12.4 Å². The van der Waals surface area contributed by atoms with Gasteiger partial charge in [-0.1, -0.05) is 6.07 Å². The van der Waals surface area contributed by atoms with Crippen LogP contribution >= 0.6 is 12.4 Å². The number of nitrogens with one attached hydrogen (secondary N) is 1. The summed E-state index contributed by atoms with van der Waals surface area (Å²) in [4.78, 5) is 13.2. The summed E-state index contributed by atoms with van der Waals surface area (Å²) in [5.41, 5.74) is 6.02. The molecule has 0 atom stereocenters. The first-order valence-corrected chi connectivity index (χ1v) is 6.95. The summed E-state index contributed by atoms with van der Waals surface area (Å²) in [6, 6.07) is 3.37. The number of benzene rings is 1. The molecule has 1 saturated heterocycles. The predicted octanol–water partition coefficient (Wildman–Crippen LogP) is 0.178. The fourth-order valence-corrected chi connectivity index (χ4v) is 2.60. The molecule has 8 nitrogen and oxygen atoms in total. The lowest BCUT2D eigenvalue weighted by molar-refractivity contribution is 0.0590. The SMILES string of the molecule is Cl.N=C(N)N1CC(Oc2ccc3c(c2C(=O)O)OB(O)CC3)C1. The van der Waals surface area contributed by atoms with Gasteiger partial charge in [0, 0.05) is 0 Å². The summed E-state index contributed by atoms with van der Waals surface area (Å²) in [6.45, 7) is 0.879. The minimum absolute atomic E-state index is 0. The van der Waals surface area contributed by atoms with Crippen molar-refractivity contribution in [3.8, 4) is 11.5 Å². The van der Waals surface area contributed by atoms with Crippen molar-refractivity contribution in [3.05, 3.63) is 23.3 Å². The number of carboxylic acid groups (broad SMARTS) is 1. The number of aryl methyl sites for hydroxylation is 1. The van der Waals surface area contributed by atoms with E-state index in [1.807, 2.05) is 0 Å². The highest BCUT2D eigenvalue weighted by Gasteiger charge is 2.33. The van der Waals surface area contributed by atoms with Gasteiger partial charge in [-0.25, -0.2) is 4.79 Å². The second kappa shape index (κ2) is 6.55. The van der Waals surface area contributed by atoms with E-state index in [9.17, 15) is 14.9 Å². The van der Waals surface area contributed by atoms with Crippen LogP contribution in [0.2, 0.25) is 6.32 Å².